The van der Waals surface area contributed by atoms with Gasteiger partial charge >= 0.3 is 0 Å². The van der Waals surface area contributed by atoms with Crippen molar-refractivity contribution in [2.45, 2.75) is 26.2 Å². The summed E-state index contributed by atoms with van der Waals surface area (Å²) in [5, 5.41) is 0. The van der Waals surface area contributed by atoms with Gasteiger partial charge in [0.15, 0.2) is 0 Å². The molecule has 0 saturated heterocycles. The van der Waals surface area contributed by atoms with Crippen molar-refractivity contribution in [3.05, 3.63) is 28.5 Å². The summed E-state index contributed by atoms with van der Waals surface area (Å²) >= 11 is 3.36. The summed E-state index contributed by atoms with van der Waals surface area (Å²) in [6.45, 7) is 2.05. The van der Waals surface area contributed by atoms with Gasteiger partial charge in [0.25, 0.3) is 0 Å². The van der Waals surface area contributed by atoms with Gasteiger partial charge in [-0.2, -0.15) is 0 Å². The van der Waals surface area contributed by atoms with E-state index in [0.717, 1.165) is 10.0 Å². The summed E-state index contributed by atoms with van der Waals surface area (Å²) in [7, 11) is 0. The first-order valence-corrected chi connectivity index (χ1v) is 6.08. The molecule has 1 aromatic rings. The quantitative estimate of drug-likeness (QED) is 0.840. The molecule has 0 amide bonds. The third-order valence-corrected chi connectivity index (χ3v) is 3.41. The van der Waals surface area contributed by atoms with E-state index in [-0.39, 0.29) is 5.92 Å². The minimum atomic E-state index is 0.226. The van der Waals surface area contributed by atoms with Gasteiger partial charge in [0.05, 0.1) is 0 Å². The molecule has 3 heteroatoms. The van der Waals surface area contributed by atoms with Gasteiger partial charge < -0.3 is 0 Å². The number of ketones is 1. The second kappa shape index (κ2) is 4.44. The van der Waals surface area contributed by atoms with E-state index >= 15 is 0 Å². The van der Waals surface area contributed by atoms with Crippen LogP contribution in [0.15, 0.2) is 22.9 Å². The maximum atomic E-state index is 11.9. The predicted octanol–water partition coefficient (Wildman–Crippen LogP) is 3.00. The molecule has 1 aliphatic rings. The lowest BCUT2D eigenvalue weighted by Crippen LogP contribution is -2.15. The first-order valence-electron chi connectivity index (χ1n) is 5.29. The van der Waals surface area contributed by atoms with Crippen LogP contribution in [0.4, 0.5) is 0 Å². The Kier molecular flexibility index (Phi) is 3.19. The van der Waals surface area contributed by atoms with E-state index in [1.54, 1.807) is 12.4 Å². The molecule has 0 bridgehead atoms. The van der Waals surface area contributed by atoms with Crippen molar-refractivity contribution in [2.24, 2.45) is 11.8 Å². The van der Waals surface area contributed by atoms with E-state index < -0.39 is 0 Å². The molecule has 2 nitrogen and oxygen atoms in total. The molecule has 80 valence electrons. The van der Waals surface area contributed by atoms with Crippen LogP contribution in [0.5, 0.6) is 0 Å². The Morgan fingerprint density at radius 2 is 2.33 bits per heavy atom. The summed E-state index contributed by atoms with van der Waals surface area (Å²) in [6.07, 6.45) is 6.47. The fourth-order valence-electron chi connectivity index (χ4n) is 1.77. The standard InChI is InChI=1S/C12H14BrNO/c1-8(10-2-3-10)12(15)5-9-4-11(13)7-14-6-9/h4,6-8,10H,2-3,5H2,1H3. The molecule has 1 aromatic heterocycles. The second-order valence-corrected chi connectivity index (χ2v) is 5.20. The topological polar surface area (TPSA) is 30.0 Å². The fraction of sp³-hybridized carbons (Fsp3) is 0.500. The van der Waals surface area contributed by atoms with Crippen LogP contribution in [0.3, 0.4) is 0 Å². The molecule has 0 spiro atoms. The minimum absolute atomic E-state index is 0.226. The van der Waals surface area contributed by atoms with Crippen molar-refractivity contribution in [2.75, 3.05) is 0 Å². The summed E-state index contributed by atoms with van der Waals surface area (Å²) in [4.78, 5) is 15.9. The Balaban J connectivity index is 1.98. The number of Topliss-reactive ketones (excluding diaryl/α,β-unsaturated/α-hetero) is 1. The van der Waals surface area contributed by atoms with Crippen LogP contribution in [0.25, 0.3) is 0 Å². The van der Waals surface area contributed by atoms with E-state index in [1.165, 1.54) is 12.8 Å². The zero-order valence-electron chi connectivity index (χ0n) is 8.74. The molecule has 1 atom stereocenters. The first-order chi connectivity index (χ1) is 7.16. The Morgan fingerprint density at radius 3 is 2.93 bits per heavy atom. The number of hydrogen-bond acceptors (Lipinski definition) is 2. The highest BCUT2D eigenvalue weighted by Gasteiger charge is 2.32. The van der Waals surface area contributed by atoms with Gasteiger partial charge in [-0.25, -0.2) is 0 Å². The third kappa shape index (κ3) is 2.88. The largest absolute Gasteiger partial charge is 0.299 e. The molecular weight excluding hydrogens is 254 g/mol. The number of rotatable bonds is 4. The number of halogens is 1. The highest BCUT2D eigenvalue weighted by Crippen LogP contribution is 2.37. The van der Waals surface area contributed by atoms with Crippen molar-refractivity contribution in [3.63, 3.8) is 0 Å². The van der Waals surface area contributed by atoms with Crippen molar-refractivity contribution in [3.8, 4) is 0 Å². The van der Waals surface area contributed by atoms with Crippen LogP contribution in [0, 0.1) is 11.8 Å². The number of nitrogens with zero attached hydrogens (tertiary/aromatic N) is 1. The monoisotopic (exact) mass is 267 g/mol. The van der Waals surface area contributed by atoms with Gasteiger partial charge in [-0.1, -0.05) is 6.92 Å². The zero-order chi connectivity index (χ0) is 10.8. The van der Waals surface area contributed by atoms with E-state index in [4.69, 9.17) is 0 Å². The van der Waals surface area contributed by atoms with Crippen LogP contribution >= 0.6 is 15.9 Å². The van der Waals surface area contributed by atoms with Crippen LogP contribution in [0.2, 0.25) is 0 Å². The minimum Gasteiger partial charge on any atom is -0.299 e. The van der Waals surface area contributed by atoms with Crippen LogP contribution in [-0.2, 0) is 11.2 Å². The SMILES string of the molecule is CC(C(=O)Cc1cncc(Br)c1)C1CC1. The molecule has 2 rings (SSSR count). The highest BCUT2D eigenvalue weighted by atomic mass is 79.9. The number of hydrogen-bond donors (Lipinski definition) is 0. The molecule has 1 heterocycles. The highest BCUT2D eigenvalue weighted by molar-refractivity contribution is 9.10. The van der Waals surface area contributed by atoms with Gasteiger partial charge in [0.1, 0.15) is 5.78 Å². The first kappa shape index (κ1) is 10.8. The molecule has 0 aliphatic heterocycles. The second-order valence-electron chi connectivity index (χ2n) is 4.28. The van der Waals surface area contributed by atoms with Crippen molar-refractivity contribution in [1.82, 2.24) is 4.98 Å². The lowest BCUT2D eigenvalue weighted by atomic mass is 9.96. The molecule has 15 heavy (non-hydrogen) atoms. The smallest absolute Gasteiger partial charge is 0.140 e. The maximum absolute atomic E-state index is 11.9. The van der Waals surface area contributed by atoms with Crippen LogP contribution in [0.1, 0.15) is 25.3 Å². The molecule has 0 radical (unpaired) electrons. The van der Waals surface area contributed by atoms with E-state index in [2.05, 4.69) is 20.9 Å². The van der Waals surface area contributed by atoms with E-state index in [0.29, 0.717) is 18.1 Å². The lowest BCUT2D eigenvalue weighted by Gasteiger charge is -2.08. The van der Waals surface area contributed by atoms with Gasteiger partial charge in [-0.15, -0.1) is 0 Å². The Labute approximate surface area is 98.2 Å². The normalized spacial score (nSPS) is 17.5. The summed E-state index contributed by atoms with van der Waals surface area (Å²) in [5.41, 5.74) is 1.00. The molecule has 1 unspecified atom stereocenters. The Hall–Kier alpha value is -0.700. The van der Waals surface area contributed by atoms with E-state index in [1.807, 2.05) is 13.0 Å². The fourth-order valence-corrected chi connectivity index (χ4v) is 2.19. The third-order valence-electron chi connectivity index (χ3n) is 2.98. The zero-order valence-corrected chi connectivity index (χ0v) is 10.3. The van der Waals surface area contributed by atoms with Crippen molar-refractivity contribution >= 4 is 21.7 Å². The van der Waals surface area contributed by atoms with Crippen LogP contribution in [-0.4, -0.2) is 10.8 Å². The van der Waals surface area contributed by atoms with Crippen molar-refractivity contribution in [1.29, 1.82) is 0 Å². The Bertz CT molecular complexity index is 374. The lowest BCUT2D eigenvalue weighted by molar-refractivity contribution is -0.122. The maximum Gasteiger partial charge on any atom is 0.140 e. The number of carbonyl (C=O) groups is 1. The van der Waals surface area contributed by atoms with Gasteiger partial charge in [0, 0.05) is 29.2 Å². The summed E-state index contributed by atoms with van der Waals surface area (Å²) in [5.74, 6) is 1.22. The van der Waals surface area contributed by atoms with E-state index in [9.17, 15) is 4.79 Å². The molecular formula is C12H14BrNO. The molecule has 1 saturated carbocycles. The molecule has 0 aromatic carbocycles. The molecule has 1 aliphatic carbocycles. The predicted molar refractivity (Wildman–Crippen MR) is 62.5 cm³/mol. The van der Waals surface area contributed by atoms with Crippen molar-refractivity contribution < 1.29 is 4.79 Å². The van der Waals surface area contributed by atoms with Gasteiger partial charge in [-0.3, -0.25) is 9.78 Å². The van der Waals surface area contributed by atoms with Crippen LogP contribution < -0.4 is 0 Å². The van der Waals surface area contributed by atoms with Gasteiger partial charge in [-0.05, 0) is 46.3 Å². The number of pyridine rings is 1. The number of aromatic nitrogens is 1. The average molecular weight is 268 g/mol. The Morgan fingerprint density at radius 1 is 1.60 bits per heavy atom. The molecule has 1 fully saturated rings. The average Bonchev–Trinajstić information content (AvgIpc) is 2.99. The summed E-state index contributed by atoms with van der Waals surface area (Å²) in [6, 6.07) is 1.96. The molecule has 0 N–H and O–H groups in total. The summed E-state index contributed by atoms with van der Waals surface area (Å²) < 4.78 is 0.937. The van der Waals surface area contributed by atoms with Gasteiger partial charge in [0.2, 0.25) is 0 Å². The number of carbonyl (C=O) groups excluding carboxylic acids is 1.